The van der Waals surface area contributed by atoms with Gasteiger partial charge in [-0.15, -0.1) is 12.3 Å². The number of rotatable bonds is 4. The summed E-state index contributed by atoms with van der Waals surface area (Å²) in [5.74, 6) is 2.92. The summed E-state index contributed by atoms with van der Waals surface area (Å²) in [6.45, 7) is 0.677. The lowest BCUT2D eigenvalue weighted by Gasteiger charge is -2.04. The lowest BCUT2D eigenvalue weighted by atomic mass is 10.3. The molecule has 0 aliphatic heterocycles. The van der Waals surface area contributed by atoms with Crippen molar-refractivity contribution >= 4 is 5.82 Å². The Morgan fingerprint density at radius 2 is 2.50 bits per heavy atom. The summed E-state index contributed by atoms with van der Waals surface area (Å²) < 4.78 is 1.48. The quantitative estimate of drug-likeness (QED) is 0.560. The summed E-state index contributed by atoms with van der Waals surface area (Å²) in [5, 5.41) is 2.95. The van der Waals surface area contributed by atoms with E-state index < -0.39 is 0 Å². The molecule has 0 saturated heterocycles. The molecule has 4 nitrogen and oxygen atoms in total. The van der Waals surface area contributed by atoms with Crippen LogP contribution in [0, 0.1) is 12.3 Å². The number of aromatic nitrogens is 2. The van der Waals surface area contributed by atoms with Gasteiger partial charge in [-0.25, -0.2) is 4.98 Å². The minimum absolute atomic E-state index is 0.117. The third-order valence-electron chi connectivity index (χ3n) is 1.81. The Morgan fingerprint density at radius 1 is 1.71 bits per heavy atom. The van der Waals surface area contributed by atoms with Gasteiger partial charge in [0.05, 0.1) is 0 Å². The normalized spacial score (nSPS) is 9.43. The first kappa shape index (κ1) is 10.3. The monoisotopic (exact) mass is 191 g/mol. The number of hydrogen-bond donors (Lipinski definition) is 1. The largest absolute Gasteiger partial charge is 0.365 e. The number of unbranched alkanes of at least 4 members (excludes halogenated alkanes) is 1. The summed E-state index contributed by atoms with van der Waals surface area (Å²) >= 11 is 0. The number of hydrogen-bond acceptors (Lipinski definition) is 3. The van der Waals surface area contributed by atoms with Crippen LogP contribution < -0.4 is 10.9 Å². The number of aryl methyl sites for hydroxylation is 1. The van der Waals surface area contributed by atoms with Crippen molar-refractivity contribution in [3.05, 3.63) is 22.7 Å². The first-order valence-electron chi connectivity index (χ1n) is 4.44. The fourth-order valence-electron chi connectivity index (χ4n) is 1.02. The van der Waals surface area contributed by atoms with Crippen LogP contribution in [0.15, 0.2) is 17.2 Å². The predicted octanol–water partition coefficient (Wildman–Crippen LogP) is 0.606. The smallest absolute Gasteiger partial charge is 0.293 e. The summed E-state index contributed by atoms with van der Waals surface area (Å²) in [6, 6.07) is 0. The first-order valence-corrected chi connectivity index (χ1v) is 4.44. The van der Waals surface area contributed by atoms with Crippen molar-refractivity contribution < 1.29 is 0 Å². The van der Waals surface area contributed by atoms with Crippen LogP contribution in [-0.2, 0) is 7.05 Å². The highest BCUT2D eigenvalue weighted by atomic mass is 16.1. The minimum Gasteiger partial charge on any atom is -0.365 e. The molecule has 0 fully saturated rings. The predicted molar refractivity (Wildman–Crippen MR) is 56.0 cm³/mol. The maximum atomic E-state index is 11.4. The molecule has 1 heterocycles. The molecule has 0 saturated carbocycles. The van der Waals surface area contributed by atoms with Gasteiger partial charge in [0.1, 0.15) is 0 Å². The van der Waals surface area contributed by atoms with Gasteiger partial charge in [0.15, 0.2) is 5.82 Å². The SMILES string of the molecule is C#CCCCNc1nccn(C)c1=O. The van der Waals surface area contributed by atoms with Crippen LogP contribution in [0.4, 0.5) is 5.82 Å². The van der Waals surface area contributed by atoms with E-state index in [1.54, 1.807) is 19.4 Å². The Kier molecular flexibility index (Phi) is 3.74. The van der Waals surface area contributed by atoms with Crippen LogP contribution in [-0.4, -0.2) is 16.1 Å². The second-order valence-corrected chi connectivity index (χ2v) is 2.93. The lowest BCUT2D eigenvalue weighted by Crippen LogP contribution is -2.22. The van der Waals surface area contributed by atoms with Crippen LogP contribution in [0.3, 0.4) is 0 Å². The fraction of sp³-hybridized carbons (Fsp3) is 0.400. The van der Waals surface area contributed by atoms with Crippen molar-refractivity contribution in [1.29, 1.82) is 0 Å². The van der Waals surface area contributed by atoms with Crippen molar-refractivity contribution in [2.75, 3.05) is 11.9 Å². The number of anilines is 1. The van der Waals surface area contributed by atoms with Crippen molar-refractivity contribution in [2.24, 2.45) is 7.05 Å². The Bertz CT molecular complexity index is 389. The average molecular weight is 191 g/mol. The fourth-order valence-corrected chi connectivity index (χ4v) is 1.02. The highest BCUT2D eigenvalue weighted by Crippen LogP contribution is 1.93. The Morgan fingerprint density at radius 3 is 3.21 bits per heavy atom. The van der Waals surface area contributed by atoms with Crippen LogP contribution in [0.5, 0.6) is 0 Å². The van der Waals surface area contributed by atoms with Gasteiger partial charge in [-0.3, -0.25) is 4.79 Å². The zero-order valence-corrected chi connectivity index (χ0v) is 8.16. The molecule has 14 heavy (non-hydrogen) atoms. The maximum Gasteiger partial charge on any atom is 0.293 e. The number of nitrogens with one attached hydrogen (secondary N) is 1. The molecular weight excluding hydrogens is 178 g/mol. The van der Waals surface area contributed by atoms with Gasteiger partial charge in [-0.1, -0.05) is 0 Å². The van der Waals surface area contributed by atoms with Crippen LogP contribution in [0.2, 0.25) is 0 Å². The zero-order chi connectivity index (χ0) is 10.4. The summed E-state index contributed by atoms with van der Waals surface area (Å²) in [4.78, 5) is 15.4. The molecular formula is C10H13N3O. The van der Waals surface area contributed by atoms with E-state index in [1.807, 2.05) is 0 Å². The third kappa shape index (κ3) is 2.63. The Hall–Kier alpha value is -1.76. The molecule has 1 aromatic rings. The molecule has 0 aromatic carbocycles. The van der Waals surface area contributed by atoms with Crippen molar-refractivity contribution in [3.8, 4) is 12.3 Å². The van der Waals surface area contributed by atoms with E-state index in [1.165, 1.54) is 4.57 Å². The van der Waals surface area contributed by atoms with Gasteiger partial charge in [0, 0.05) is 32.4 Å². The van der Waals surface area contributed by atoms with Gasteiger partial charge in [0.2, 0.25) is 0 Å². The second-order valence-electron chi connectivity index (χ2n) is 2.93. The van der Waals surface area contributed by atoms with Crippen LogP contribution in [0.1, 0.15) is 12.8 Å². The average Bonchev–Trinajstić information content (AvgIpc) is 2.19. The van der Waals surface area contributed by atoms with Gasteiger partial charge in [0.25, 0.3) is 5.56 Å². The van der Waals surface area contributed by atoms with Gasteiger partial charge < -0.3 is 9.88 Å². The van der Waals surface area contributed by atoms with Gasteiger partial charge in [-0.2, -0.15) is 0 Å². The van der Waals surface area contributed by atoms with E-state index in [-0.39, 0.29) is 5.56 Å². The lowest BCUT2D eigenvalue weighted by molar-refractivity contribution is 0.830. The van der Waals surface area contributed by atoms with E-state index in [0.717, 1.165) is 6.42 Å². The molecule has 0 amide bonds. The third-order valence-corrected chi connectivity index (χ3v) is 1.81. The Balaban J connectivity index is 2.56. The molecule has 1 rings (SSSR count). The standard InChI is InChI=1S/C10H13N3O/c1-3-4-5-6-11-9-10(14)13(2)8-7-12-9/h1,7-8H,4-6H2,2H3,(H,11,12). The van der Waals surface area contributed by atoms with E-state index in [4.69, 9.17) is 6.42 Å². The second kappa shape index (κ2) is 5.07. The highest BCUT2D eigenvalue weighted by molar-refractivity contribution is 5.30. The van der Waals surface area contributed by atoms with E-state index in [9.17, 15) is 4.79 Å². The van der Waals surface area contributed by atoms with Gasteiger partial charge in [-0.05, 0) is 6.42 Å². The van der Waals surface area contributed by atoms with Crippen LogP contribution in [0.25, 0.3) is 0 Å². The topological polar surface area (TPSA) is 46.9 Å². The van der Waals surface area contributed by atoms with Crippen LogP contribution >= 0.6 is 0 Å². The highest BCUT2D eigenvalue weighted by Gasteiger charge is 1.99. The molecule has 4 heteroatoms. The van der Waals surface area contributed by atoms with Crippen molar-refractivity contribution in [1.82, 2.24) is 9.55 Å². The maximum absolute atomic E-state index is 11.4. The first-order chi connectivity index (χ1) is 6.75. The van der Waals surface area contributed by atoms with Crippen molar-refractivity contribution in [2.45, 2.75) is 12.8 Å². The van der Waals surface area contributed by atoms with Gasteiger partial charge >= 0.3 is 0 Å². The van der Waals surface area contributed by atoms with E-state index >= 15 is 0 Å². The Labute approximate surface area is 83.0 Å². The molecule has 0 aliphatic carbocycles. The van der Waals surface area contributed by atoms with E-state index in [2.05, 4.69) is 16.2 Å². The minimum atomic E-state index is -0.117. The summed E-state index contributed by atoms with van der Waals surface area (Å²) in [6.07, 6.45) is 9.86. The molecule has 1 aromatic heterocycles. The van der Waals surface area contributed by atoms with E-state index in [0.29, 0.717) is 18.8 Å². The molecule has 0 aliphatic rings. The summed E-state index contributed by atoms with van der Waals surface area (Å²) in [5.41, 5.74) is -0.117. The molecule has 1 N–H and O–H groups in total. The molecule has 0 spiro atoms. The summed E-state index contributed by atoms with van der Waals surface area (Å²) in [7, 11) is 1.69. The van der Waals surface area contributed by atoms with Crippen molar-refractivity contribution in [3.63, 3.8) is 0 Å². The molecule has 74 valence electrons. The number of terminal acetylenes is 1. The molecule has 0 radical (unpaired) electrons. The number of nitrogens with zero attached hydrogens (tertiary/aromatic N) is 2. The molecule has 0 unspecified atom stereocenters. The molecule has 0 bridgehead atoms. The molecule has 0 atom stereocenters. The zero-order valence-electron chi connectivity index (χ0n) is 8.16.